The summed E-state index contributed by atoms with van der Waals surface area (Å²) < 4.78 is 11.0. The van der Waals surface area contributed by atoms with Gasteiger partial charge in [-0.1, -0.05) is 36.4 Å². The fourth-order valence-electron chi connectivity index (χ4n) is 4.96. The van der Waals surface area contributed by atoms with Crippen LogP contribution in [0.25, 0.3) is 0 Å². The zero-order valence-corrected chi connectivity index (χ0v) is 18.0. The van der Waals surface area contributed by atoms with Crippen molar-refractivity contribution in [1.29, 1.82) is 5.26 Å². The Hall–Kier alpha value is -3.76. The van der Waals surface area contributed by atoms with Crippen LogP contribution < -0.4 is 15.2 Å². The first-order valence-corrected chi connectivity index (χ1v) is 10.6. The highest BCUT2D eigenvalue weighted by Gasteiger charge is 2.43. The molecule has 0 bridgehead atoms. The van der Waals surface area contributed by atoms with E-state index in [1.54, 1.807) is 0 Å². The van der Waals surface area contributed by atoms with Gasteiger partial charge in [-0.25, -0.2) is 5.01 Å². The zero-order valence-electron chi connectivity index (χ0n) is 18.0. The third-order valence-corrected chi connectivity index (χ3v) is 6.34. The van der Waals surface area contributed by atoms with Crippen LogP contribution in [0.15, 0.2) is 71.2 Å². The van der Waals surface area contributed by atoms with Gasteiger partial charge in [-0.3, -0.25) is 9.80 Å². The number of carbonyl (C=O) groups excluding carboxylic acids is 1. The summed E-state index contributed by atoms with van der Waals surface area (Å²) >= 11 is 0. The summed E-state index contributed by atoms with van der Waals surface area (Å²) in [7, 11) is 3.73. The third kappa shape index (κ3) is 3.12. The highest BCUT2D eigenvalue weighted by molar-refractivity contribution is 6.00. The van der Waals surface area contributed by atoms with E-state index in [9.17, 15) is 10.1 Å². The summed E-state index contributed by atoms with van der Waals surface area (Å²) in [6.07, 6.45) is 1.05. The lowest BCUT2D eigenvalue weighted by molar-refractivity contribution is -0.117. The van der Waals surface area contributed by atoms with Crippen LogP contribution in [0.2, 0.25) is 0 Å². The van der Waals surface area contributed by atoms with E-state index in [2.05, 4.69) is 18.2 Å². The van der Waals surface area contributed by atoms with Gasteiger partial charge in [0.1, 0.15) is 5.82 Å². The van der Waals surface area contributed by atoms with E-state index in [0.717, 1.165) is 16.8 Å². The van der Waals surface area contributed by atoms with Crippen LogP contribution in [0.4, 0.5) is 0 Å². The van der Waals surface area contributed by atoms with Gasteiger partial charge in [-0.2, -0.15) is 5.26 Å². The maximum Gasteiger partial charge on any atom is 0.231 e. The van der Waals surface area contributed by atoms with E-state index in [-0.39, 0.29) is 18.5 Å². The quantitative estimate of drug-likeness (QED) is 0.801. The van der Waals surface area contributed by atoms with Gasteiger partial charge >= 0.3 is 0 Å². The van der Waals surface area contributed by atoms with Gasteiger partial charge in [0.15, 0.2) is 17.3 Å². The number of nitrogens with zero attached hydrogens (tertiary/aromatic N) is 3. The second kappa shape index (κ2) is 7.74. The summed E-state index contributed by atoms with van der Waals surface area (Å²) in [6.45, 7) is 0.159. The van der Waals surface area contributed by atoms with Gasteiger partial charge in [0, 0.05) is 31.8 Å². The van der Waals surface area contributed by atoms with Crippen molar-refractivity contribution in [3.63, 3.8) is 0 Å². The molecule has 2 heterocycles. The number of Topliss-reactive ketones (excluding diaryl/α,β-unsaturated/α-hetero) is 1. The van der Waals surface area contributed by atoms with Crippen LogP contribution in [0.3, 0.4) is 0 Å². The summed E-state index contributed by atoms with van der Waals surface area (Å²) in [6, 6.07) is 17.9. The molecular formula is C25H24N4O3. The van der Waals surface area contributed by atoms with Gasteiger partial charge in [-0.05, 0) is 35.6 Å². The van der Waals surface area contributed by atoms with Crippen molar-refractivity contribution in [2.45, 2.75) is 24.7 Å². The molecule has 0 spiro atoms. The van der Waals surface area contributed by atoms with E-state index in [0.29, 0.717) is 41.3 Å². The number of hydrazine groups is 1. The number of hydrogen-bond donors (Lipinski definition) is 1. The zero-order chi connectivity index (χ0) is 22.4. The molecule has 7 heteroatoms. The van der Waals surface area contributed by atoms with Crippen molar-refractivity contribution in [2.75, 3.05) is 20.9 Å². The first-order chi connectivity index (χ1) is 15.5. The Bertz CT molecular complexity index is 1190. The Kier molecular flexibility index (Phi) is 4.87. The Balaban J connectivity index is 1.67. The molecule has 7 nitrogen and oxygen atoms in total. The largest absolute Gasteiger partial charge is 0.454 e. The summed E-state index contributed by atoms with van der Waals surface area (Å²) in [5.74, 6) is 1.17. The Morgan fingerprint density at radius 3 is 2.53 bits per heavy atom. The number of nitriles is 1. The maximum atomic E-state index is 13.6. The predicted molar refractivity (Wildman–Crippen MR) is 118 cm³/mol. The molecule has 0 fully saturated rings. The Morgan fingerprint density at radius 2 is 1.81 bits per heavy atom. The number of ketones is 1. The molecule has 2 N–H and O–H groups in total. The molecule has 1 aliphatic carbocycles. The molecule has 0 saturated heterocycles. The maximum absolute atomic E-state index is 13.6. The van der Waals surface area contributed by atoms with Crippen LogP contribution in [-0.2, 0) is 4.79 Å². The SMILES string of the molecule is CN(C)N1C(N)=C(C#N)[C@@H](c2ccc3c(c2)OCO3)C2=C1C[C@@H](c1ccccc1)CC2=O. The van der Waals surface area contributed by atoms with Crippen molar-refractivity contribution in [1.82, 2.24) is 10.0 Å². The fourth-order valence-corrected chi connectivity index (χ4v) is 4.96. The highest BCUT2D eigenvalue weighted by atomic mass is 16.7. The number of allylic oxidation sites excluding steroid dienone is 3. The van der Waals surface area contributed by atoms with E-state index >= 15 is 0 Å². The minimum Gasteiger partial charge on any atom is -0.454 e. The first kappa shape index (κ1) is 20.2. The second-order valence-electron chi connectivity index (χ2n) is 8.41. The third-order valence-electron chi connectivity index (χ3n) is 6.34. The van der Waals surface area contributed by atoms with Crippen LogP contribution >= 0.6 is 0 Å². The van der Waals surface area contributed by atoms with E-state index in [1.807, 2.05) is 60.5 Å². The molecule has 0 amide bonds. The number of ether oxygens (including phenoxy) is 2. The number of rotatable bonds is 3. The molecule has 2 aromatic carbocycles. The molecule has 2 atom stereocenters. The van der Waals surface area contributed by atoms with Crippen molar-refractivity contribution in [2.24, 2.45) is 5.73 Å². The second-order valence-corrected chi connectivity index (χ2v) is 8.41. The van der Waals surface area contributed by atoms with Crippen molar-refractivity contribution in [3.8, 4) is 17.6 Å². The standard InChI is InChI=1S/C25H24N4O3/c1-28(2)29-19-10-17(15-6-4-3-5-7-15)11-20(30)24(19)23(18(13-26)25(29)27)16-8-9-21-22(12-16)32-14-31-21/h3-9,12,17,23H,10-11,14,27H2,1-2H3/t17-,23-/m1/s1. The molecular weight excluding hydrogens is 404 g/mol. The van der Waals surface area contributed by atoms with Crippen LogP contribution in [0.5, 0.6) is 11.5 Å². The number of nitrogens with two attached hydrogens (primary N) is 1. The molecule has 2 aromatic rings. The monoisotopic (exact) mass is 428 g/mol. The van der Waals surface area contributed by atoms with Crippen LogP contribution in [0, 0.1) is 11.3 Å². The Labute approximate surface area is 186 Å². The van der Waals surface area contributed by atoms with Crippen molar-refractivity contribution in [3.05, 3.63) is 82.3 Å². The molecule has 0 saturated carbocycles. The van der Waals surface area contributed by atoms with E-state index < -0.39 is 5.92 Å². The van der Waals surface area contributed by atoms with E-state index in [4.69, 9.17) is 15.2 Å². The van der Waals surface area contributed by atoms with Gasteiger partial charge in [0.05, 0.1) is 17.6 Å². The van der Waals surface area contributed by atoms with E-state index in [1.165, 1.54) is 0 Å². The highest BCUT2D eigenvalue weighted by Crippen LogP contribution is 2.49. The summed E-state index contributed by atoms with van der Waals surface area (Å²) in [4.78, 5) is 13.6. The lowest BCUT2D eigenvalue weighted by Crippen LogP contribution is -2.46. The average molecular weight is 428 g/mol. The number of fused-ring (bicyclic) bond motifs is 1. The topological polar surface area (TPSA) is 91.8 Å². The minimum absolute atomic E-state index is 0.0369. The smallest absolute Gasteiger partial charge is 0.231 e. The number of benzene rings is 2. The molecule has 0 radical (unpaired) electrons. The lowest BCUT2D eigenvalue weighted by atomic mass is 9.72. The van der Waals surface area contributed by atoms with Crippen LogP contribution in [0.1, 0.15) is 35.8 Å². The molecule has 32 heavy (non-hydrogen) atoms. The molecule has 0 unspecified atom stereocenters. The lowest BCUT2D eigenvalue weighted by Gasteiger charge is -2.43. The average Bonchev–Trinajstić information content (AvgIpc) is 3.26. The van der Waals surface area contributed by atoms with Crippen LogP contribution in [-0.4, -0.2) is 36.7 Å². The predicted octanol–water partition coefficient (Wildman–Crippen LogP) is 3.39. The molecule has 5 rings (SSSR count). The number of hydrogen-bond acceptors (Lipinski definition) is 7. The van der Waals surface area contributed by atoms with Gasteiger partial charge in [0.25, 0.3) is 0 Å². The van der Waals surface area contributed by atoms with Gasteiger partial charge in [0.2, 0.25) is 6.79 Å². The minimum atomic E-state index is -0.537. The molecule has 0 aromatic heterocycles. The first-order valence-electron chi connectivity index (χ1n) is 10.6. The van der Waals surface area contributed by atoms with Crippen molar-refractivity contribution < 1.29 is 14.3 Å². The Morgan fingerprint density at radius 1 is 1.06 bits per heavy atom. The summed E-state index contributed by atoms with van der Waals surface area (Å²) in [5.41, 5.74) is 10.3. The van der Waals surface area contributed by atoms with Gasteiger partial charge < -0.3 is 15.2 Å². The molecule has 2 aliphatic heterocycles. The summed E-state index contributed by atoms with van der Waals surface area (Å²) in [5, 5.41) is 13.7. The van der Waals surface area contributed by atoms with Crippen molar-refractivity contribution >= 4 is 5.78 Å². The van der Waals surface area contributed by atoms with Gasteiger partial charge in [-0.15, -0.1) is 0 Å². The fraction of sp³-hybridized carbons (Fsp3) is 0.280. The normalized spacial score (nSPS) is 22.3. The molecule has 162 valence electrons. The number of carbonyl (C=O) groups is 1. The molecule has 3 aliphatic rings.